The molecule has 18 heavy (non-hydrogen) atoms. The zero-order chi connectivity index (χ0) is 13.0. The minimum Gasteiger partial charge on any atom is -0.478 e. The molecule has 92 valence electrons. The molecule has 2 aromatic rings. The number of nitrogens with zero attached hydrogens (tertiary/aromatic N) is 2. The lowest BCUT2D eigenvalue weighted by molar-refractivity contribution is -0.131. The Morgan fingerprint density at radius 3 is 2.94 bits per heavy atom. The normalized spacial score (nSPS) is 10.9. The van der Waals surface area contributed by atoms with Gasteiger partial charge in [-0.15, -0.1) is 11.3 Å². The van der Waals surface area contributed by atoms with E-state index in [1.165, 1.54) is 11.3 Å². The van der Waals surface area contributed by atoms with Gasteiger partial charge in [0.25, 0.3) is 0 Å². The standard InChI is InChI=1S/C13H12N2O2S/c1-2-9-11(6-7-12(16)17)18-13(15-9)10-5-3-4-8-14-10/h3-8H,2H2,1H3,(H,16,17)/b7-6+. The van der Waals surface area contributed by atoms with Crippen molar-refractivity contribution >= 4 is 23.4 Å². The summed E-state index contributed by atoms with van der Waals surface area (Å²) >= 11 is 1.46. The minimum atomic E-state index is -0.954. The molecule has 2 aromatic heterocycles. The SMILES string of the molecule is CCc1nc(-c2ccccn2)sc1/C=C/C(=O)O. The smallest absolute Gasteiger partial charge is 0.328 e. The molecule has 0 aromatic carbocycles. The highest BCUT2D eigenvalue weighted by Crippen LogP contribution is 2.27. The maximum Gasteiger partial charge on any atom is 0.328 e. The van der Waals surface area contributed by atoms with Crippen LogP contribution in [0.3, 0.4) is 0 Å². The van der Waals surface area contributed by atoms with E-state index in [1.807, 2.05) is 25.1 Å². The fourth-order valence-electron chi connectivity index (χ4n) is 1.49. The van der Waals surface area contributed by atoms with Gasteiger partial charge in [0.2, 0.25) is 0 Å². The highest BCUT2D eigenvalue weighted by molar-refractivity contribution is 7.16. The fourth-order valence-corrected chi connectivity index (χ4v) is 2.53. The molecule has 0 amide bonds. The van der Waals surface area contributed by atoms with E-state index in [1.54, 1.807) is 12.3 Å². The third kappa shape index (κ3) is 2.81. The predicted octanol–water partition coefficient (Wildman–Crippen LogP) is 2.87. The summed E-state index contributed by atoms with van der Waals surface area (Å²) in [6.07, 6.45) is 5.21. The molecule has 0 radical (unpaired) electrons. The first kappa shape index (κ1) is 12.4. The summed E-state index contributed by atoms with van der Waals surface area (Å²) < 4.78 is 0. The first-order valence-electron chi connectivity index (χ1n) is 5.53. The van der Waals surface area contributed by atoms with Gasteiger partial charge in [-0.3, -0.25) is 4.98 Å². The molecule has 0 unspecified atom stereocenters. The zero-order valence-corrected chi connectivity index (χ0v) is 10.6. The van der Waals surface area contributed by atoms with Crippen molar-refractivity contribution < 1.29 is 9.90 Å². The van der Waals surface area contributed by atoms with E-state index in [0.717, 1.165) is 33.8 Å². The van der Waals surface area contributed by atoms with Crippen LogP contribution in [0.1, 0.15) is 17.5 Å². The van der Waals surface area contributed by atoms with Crippen LogP contribution in [0.15, 0.2) is 30.5 Å². The van der Waals surface area contributed by atoms with Gasteiger partial charge in [0.15, 0.2) is 0 Å². The fraction of sp³-hybridized carbons (Fsp3) is 0.154. The van der Waals surface area contributed by atoms with Gasteiger partial charge >= 0.3 is 5.97 Å². The Bertz CT molecular complexity index is 576. The Labute approximate surface area is 109 Å². The number of pyridine rings is 1. The van der Waals surface area contributed by atoms with Crippen molar-refractivity contribution in [3.8, 4) is 10.7 Å². The Kier molecular flexibility index (Phi) is 3.84. The number of aryl methyl sites for hydroxylation is 1. The van der Waals surface area contributed by atoms with E-state index in [2.05, 4.69) is 9.97 Å². The second-order valence-electron chi connectivity index (χ2n) is 3.57. The molecule has 2 rings (SSSR count). The van der Waals surface area contributed by atoms with Gasteiger partial charge in [0, 0.05) is 12.3 Å². The lowest BCUT2D eigenvalue weighted by atomic mass is 10.3. The number of hydrogen-bond donors (Lipinski definition) is 1. The van der Waals surface area contributed by atoms with Crippen LogP contribution in [0, 0.1) is 0 Å². The highest BCUT2D eigenvalue weighted by atomic mass is 32.1. The second kappa shape index (κ2) is 5.55. The van der Waals surface area contributed by atoms with Crippen molar-refractivity contribution in [3.05, 3.63) is 41.0 Å². The summed E-state index contributed by atoms with van der Waals surface area (Å²) in [6, 6.07) is 5.65. The van der Waals surface area contributed by atoms with Gasteiger partial charge in [-0.1, -0.05) is 13.0 Å². The van der Waals surface area contributed by atoms with E-state index in [-0.39, 0.29) is 0 Å². The van der Waals surface area contributed by atoms with Crippen LogP contribution >= 0.6 is 11.3 Å². The molecule has 5 heteroatoms. The third-order valence-electron chi connectivity index (χ3n) is 2.32. The maximum atomic E-state index is 10.5. The van der Waals surface area contributed by atoms with E-state index in [0.29, 0.717) is 0 Å². The summed E-state index contributed by atoms with van der Waals surface area (Å²) in [6.45, 7) is 2.00. The first-order valence-corrected chi connectivity index (χ1v) is 6.34. The highest BCUT2D eigenvalue weighted by Gasteiger charge is 2.10. The van der Waals surface area contributed by atoms with Crippen molar-refractivity contribution in [3.63, 3.8) is 0 Å². The lowest BCUT2D eigenvalue weighted by Crippen LogP contribution is -1.87. The van der Waals surface area contributed by atoms with Gasteiger partial charge in [0.05, 0.1) is 16.3 Å². The summed E-state index contributed by atoms with van der Waals surface area (Å²) in [4.78, 5) is 20.1. The summed E-state index contributed by atoms with van der Waals surface area (Å²) in [5.41, 5.74) is 1.71. The number of aromatic nitrogens is 2. The molecular weight excluding hydrogens is 248 g/mol. The molecule has 0 bridgehead atoms. The molecule has 0 aliphatic heterocycles. The van der Waals surface area contributed by atoms with Crippen molar-refractivity contribution in [1.29, 1.82) is 0 Å². The number of rotatable bonds is 4. The number of carboxylic acids is 1. The van der Waals surface area contributed by atoms with Crippen LogP contribution in [0.25, 0.3) is 16.8 Å². The van der Waals surface area contributed by atoms with Gasteiger partial charge in [-0.05, 0) is 24.6 Å². The lowest BCUT2D eigenvalue weighted by Gasteiger charge is -1.91. The quantitative estimate of drug-likeness (QED) is 0.858. The number of carbonyl (C=O) groups is 1. The average molecular weight is 260 g/mol. The van der Waals surface area contributed by atoms with Crippen LogP contribution in [0.2, 0.25) is 0 Å². The molecule has 0 spiro atoms. The summed E-state index contributed by atoms with van der Waals surface area (Å²) in [5, 5.41) is 9.46. The van der Waals surface area contributed by atoms with E-state index in [4.69, 9.17) is 5.11 Å². The van der Waals surface area contributed by atoms with E-state index in [9.17, 15) is 4.79 Å². The van der Waals surface area contributed by atoms with Crippen LogP contribution in [-0.2, 0) is 11.2 Å². The number of thiazole rings is 1. The molecule has 2 heterocycles. The van der Waals surface area contributed by atoms with Crippen molar-refractivity contribution in [2.24, 2.45) is 0 Å². The Morgan fingerprint density at radius 2 is 2.33 bits per heavy atom. The minimum absolute atomic E-state index is 0.766. The maximum absolute atomic E-state index is 10.5. The Balaban J connectivity index is 2.38. The molecule has 0 aliphatic rings. The van der Waals surface area contributed by atoms with Crippen LogP contribution in [-0.4, -0.2) is 21.0 Å². The molecule has 1 N–H and O–H groups in total. The Morgan fingerprint density at radius 1 is 1.50 bits per heavy atom. The Hall–Kier alpha value is -2.01. The van der Waals surface area contributed by atoms with E-state index < -0.39 is 5.97 Å². The second-order valence-corrected chi connectivity index (χ2v) is 4.60. The molecule has 4 nitrogen and oxygen atoms in total. The van der Waals surface area contributed by atoms with Gasteiger partial charge in [-0.2, -0.15) is 0 Å². The van der Waals surface area contributed by atoms with Crippen LogP contribution < -0.4 is 0 Å². The number of carboxylic acid groups (broad SMARTS) is 1. The summed E-state index contributed by atoms with van der Waals surface area (Å²) in [5.74, 6) is -0.954. The van der Waals surface area contributed by atoms with E-state index >= 15 is 0 Å². The molecule has 0 saturated heterocycles. The number of aliphatic carboxylic acids is 1. The van der Waals surface area contributed by atoms with Crippen molar-refractivity contribution in [1.82, 2.24) is 9.97 Å². The average Bonchev–Trinajstić information content (AvgIpc) is 2.80. The largest absolute Gasteiger partial charge is 0.478 e. The first-order chi connectivity index (χ1) is 8.70. The van der Waals surface area contributed by atoms with Gasteiger partial charge in [0.1, 0.15) is 5.01 Å². The zero-order valence-electron chi connectivity index (χ0n) is 9.83. The summed E-state index contributed by atoms with van der Waals surface area (Å²) in [7, 11) is 0. The monoisotopic (exact) mass is 260 g/mol. The van der Waals surface area contributed by atoms with Crippen LogP contribution in [0.5, 0.6) is 0 Å². The van der Waals surface area contributed by atoms with Crippen molar-refractivity contribution in [2.45, 2.75) is 13.3 Å². The number of hydrogen-bond acceptors (Lipinski definition) is 4. The molecule has 0 aliphatic carbocycles. The molecular formula is C13H12N2O2S. The molecule has 0 fully saturated rings. The molecule has 0 saturated carbocycles. The topological polar surface area (TPSA) is 63.1 Å². The van der Waals surface area contributed by atoms with Crippen molar-refractivity contribution in [2.75, 3.05) is 0 Å². The van der Waals surface area contributed by atoms with Gasteiger partial charge < -0.3 is 5.11 Å². The van der Waals surface area contributed by atoms with Gasteiger partial charge in [-0.25, -0.2) is 9.78 Å². The van der Waals surface area contributed by atoms with Crippen LogP contribution in [0.4, 0.5) is 0 Å². The third-order valence-corrected chi connectivity index (χ3v) is 3.41. The predicted molar refractivity (Wildman–Crippen MR) is 71.4 cm³/mol. The molecule has 0 atom stereocenters.